The summed E-state index contributed by atoms with van der Waals surface area (Å²) in [5, 5.41) is 10.0. The number of hydrogen-bond acceptors (Lipinski definition) is 7. The molecule has 0 fully saturated rings. The molecule has 0 aliphatic carbocycles. The number of methoxy groups -OCH3 is 2. The summed E-state index contributed by atoms with van der Waals surface area (Å²) >= 11 is 2.89. The van der Waals surface area contributed by atoms with Crippen molar-refractivity contribution in [2.45, 2.75) is 19.5 Å². The van der Waals surface area contributed by atoms with Gasteiger partial charge in [-0.1, -0.05) is 17.4 Å². The molecule has 2 N–H and O–H groups in total. The number of amides is 3. The highest BCUT2D eigenvalue weighted by Gasteiger charge is 2.24. The maximum absolute atomic E-state index is 12.7. The number of nitrogens with zero attached hydrogens (tertiary/aromatic N) is 2. The van der Waals surface area contributed by atoms with E-state index in [1.165, 1.54) is 22.7 Å². The third-order valence-electron chi connectivity index (χ3n) is 4.91. The third-order valence-corrected chi connectivity index (χ3v) is 6.60. The van der Waals surface area contributed by atoms with E-state index in [4.69, 9.17) is 9.47 Å². The molecular formula is C21H22N4O4S2. The van der Waals surface area contributed by atoms with Gasteiger partial charge in [-0.3, -0.25) is 10.1 Å². The minimum atomic E-state index is -0.170. The van der Waals surface area contributed by atoms with Crippen molar-refractivity contribution >= 4 is 39.7 Å². The maximum atomic E-state index is 12.7. The van der Waals surface area contributed by atoms with Crippen molar-refractivity contribution in [3.05, 3.63) is 56.7 Å². The Morgan fingerprint density at radius 1 is 1.19 bits per heavy atom. The molecule has 0 spiro atoms. The van der Waals surface area contributed by atoms with E-state index in [0.717, 1.165) is 16.1 Å². The van der Waals surface area contributed by atoms with Crippen LogP contribution in [0.3, 0.4) is 0 Å². The molecule has 0 atom stereocenters. The molecule has 0 saturated carbocycles. The highest BCUT2D eigenvalue weighted by atomic mass is 32.1. The van der Waals surface area contributed by atoms with E-state index in [0.29, 0.717) is 48.2 Å². The largest absolute Gasteiger partial charge is 0.493 e. The number of carbonyl (C=O) groups excluding carboxylic acids is 2. The zero-order valence-electron chi connectivity index (χ0n) is 17.1. The summed E-state index contributed by atoms with van der Waals surface area (Å²) in [6.07, 6.45) is 0.657. The molecule has 31 heavy (non-hydrogen) atoms. The minimum absolute atomic E-state index is 0.141. The molecule has 162 valence electrons. The van der Waals surface area contributed by atoms with Gasteiger partial charge in [0.2, 0.25) is 0 Å². The van der Waals surface area contributed by atoms with Crippen LogP contribution in [-0.4, -0.2) is 42.6 Å². The molecule has 1 aromatic carbocycles. The first-order chi connectivity index (χ1) is 15.1. The van der Waals surface area contributed by atoms with Gasteiger partial charge in [0.15, 0.2) is 16.6 Å². The number of aromatic nitrogens is 1. The number of thiazole rings is 1. The van der Waals surface area contributed by atoms with Crippen molar-refractivity contribution in [1.29, 1.82) is 0 Å². The second-order valence-corrected chi connectivity index (χ2v) is 8.74. The third kappa shape index (κ3) is 4.80. The Hall–Kier alpha value is -3.11. The number of urea groups is 1. The molecule has 3 heterocycles. The van der Waals surface area contributed by atoms with Gasteiger partial charge in [0.1, 0.15) is 0 Å². The lowest BCUT2D eigenvalue weighted by molar-refractivity contribution is 0.102. The Labute approximate surface area is 187 Å². The lowest BCUT2D eigenvalue weighted by Gasteiger charge is -2.26. The minimum Gasteiger partial charge on any atom is -0.493 e. The number of fused-ring (bicyclic) bond motifs is 1. The maximum Gasteiger partial charge on any atom is 0.318 e. The molecule has 0 unspecified atom stereocenters. The second-order valence-electron chi connectivity index (χ2n) is 6.87. The molecule has 10 heteroatoms. The Balaban J connectivity index is 1.34. The Morgan fingerprint density at radius 2 is 2.03 bits per heavy atom. The van der Waals surface area contributed by atoms with Crippen molar-refractivity contribution in [3.8, 4) is 11.5 Å². The first kappa shape index (κ1) is 21.1. The van der Waals surface area contributed by atoms with Gasteiger partial charge in [-0.2, -0.15) is 11.3 Å². The highest BCUT2D eigenvalue weighted by molar-refractivity contribution is 7.16. The average molecular weight is 459 g/mol. The number of thiophene rings is 1. The van der Waals surface area contributed by atoms with Crippen molar-refractivity contribution < 1.29 is 19.1 Å². The first-order valence-electron chi connectivity index (χ1n) is 9.63. The summed E-state index contributed by atoms with van der Waals surface area (Å²) in [7, 11) is 3.17. The molecule has 0 radical (unpaired) electrons. The summed E-state index contributed by atoms with van der Waals surface area (Å²) < 4.78 is 10.6. The van der Waals surface area contributed by atoms with Gasteiger partial charge < -0.3 is 19.7 Å². The summed E-state index contributed by atoms with van der Waals surface area (Å²) in [5.41, 5.74) is 2.48. The smallest absolute Gasteiger partial charge is 0.318 e. The van der Waals surface area contributed by atoms with Crippen molar-refractivity contribution in [3.63, 3.8) is 0 Å². The molecular weight excluding hydrogens is 436 g/mol. The van der Waals surface area contributed by atoms with Crippen LogP contribution in [0.5, 0.6) is 11.5 Å². The predicted octanol–water partition coefficient (Wildman–Crippen LogP) is 3.74. The SMILES string of the molecule is COc1ccc(CNC(=O)N2CCc3nc(NC(=O)c4ccsc4)sc3C2)cc1OC. The van der Waals surface area contributed by atoms with Gasteiger partial charge >= 0.3 is 6.03 Å². The first-order valence-corrected chi connectivity index (χ1v) is 11.4. The van der Waals surface area contributed by atoms with Gasteiger partial charge in [-0.05, 0) is 29.1 Å². The monoisotopic (exact) mass is 458 g/mol. The number of carbonyl (C=O) groups is 2. The number of ether oxygens (including phenoxy) is 2. The van der Waals surface area contributed by atoms with Crippen LogP contribution in [0.1, 0.15) is 26.5 Å². The van der Waals surface area contributed by atoms with Crippen LogP contribution in [0.25, 0.3) is 0 Å². The van der Waals surface area contributed by atoms with Gasteiger partial charge in [0.25, 0.3) is 5.91 Å². The normalized spacial score (nSPS) is 12.8. The van der Waals surface area contributed by atoms with Gasteiger partial charge in [-0.15, -0.1) is 0 Å². The van der Waals surface area contributed by atoms with Crippen LogP contribution in [0, 0.1) is 0 Å². The molecule has 1 aliphatic rings. The fourth-order valence-corrected chi connectivity index (χ4v) is 4.92. The van der Waals surface area contributed by atoms with Gasteiger partial charge in [0, 0.05) is 29.8 Å². The fourth-order valence-electron chi connectivity index (χ4n) is 3.27. The Morgan fingerprint density at radius 3 is 2.77 bits per heavy atom. The zero-order chi connectivity index (χ0) is 21.8. The van der Waals surface area contributed by atoms with Crippen molar-refractivity contribution in [2.24, 2.45) is 0 Å². The fraction of sp³-hybridized carbons (Fsp3) is 0.286. The lowest BCUT2D eigenvalue weighted by Crippen LogP contribution is -2.42. The van der Waals surface area contributed by atoms with Crippen LogP contribution in [0.4, 0.5) is 9.93 Å². The van der Waals surface area contributed by atoms with Crippen LogP contribution in [0.2, 0.25) is 0 Å². The van der Waals surface area contributed by atoms with E-state index in [9.17, 15) is 9.59 Å². The van der Waals surface area contributed by atoms with Gasteiger partial charge in [-0.25, -0.2) is 9.78 Å². The standard InChI is InChI=1S/C21H22N4O4S2/c1-28-16-4-3-13(9-17(16)29-2)10-22-21(27)25-7-5-15-18(11-25)31-20(23-15)24-19(26)14-6-8-30-12-14/h3-4,6,8-9,12H,5,7,10-11H2,1-2H3,(H,22,27)(H,23,24,26). The summed E-state index contributed by atoms with van der Waals surface area (Å²) in [6, 6.07) is 7.19. The van der Waals surface area contributed by atoms with E-state index in [-0.39, 0.29) is 11.9 Å². The number of nitrogens with one attached hydrogen (secondary N) is 2. The lowest BCUT2D eigenvalue weighted by atomic mass is 10.2. The summed E-state index contributed by atoms with van der Waals surface area (Å²) in [6.45, 7) is 1.43. The summed E-state index contributed by atoms with van der Waals surface area (Å²) in [4.78, 5) is 32.2. The van der Waals surface area contributed by atoms with Crippen LogP contribution < -0.4 is 20.1 Å². The predicted molar refractivity (Wildman–Crippen MR) is 120 cm³/mol. The topological polar surface area (TPSA) is 92.8 Å². The summed E-state index contributed by atoms with van der Waals surface area (Å²) in [5.74, 6) is 1.10. The Bertz CT molecular complexity index is 1080. The van der Waals surface area contributed by atoms with Crippen LogP contribution in [-0.2, 0) is 19.5 Å². The molecule has 0 saturated heterocycles. The van der Waals surface area contributed by atoms with E-state index in [2.05, 4.69) is 15.6 Å². The quantitative estimate of drug-likeness (QED) is 0.587. The molecule has 3 aromatic rings. The number of benzene rings is 1. The van der Waals surface area contributed by atoms with E-state index >= 15 is 0 Å². The highest BCUT2D eigenvalue weighted by Crippen LogP contribution is 2.29. The molecule has 2 aromatic heterocycles. The molecule has 8 nitrogen and oxygen atoms in total. The van der Waals surface area contributed by atoms with E-state index in [1.807, 2.05) is 23.6 Å². The number of hydrogen-bond donors (Lipinski definition) is 2. The van der Waals surface area contributed by atoms with Crippen molar-refractivity contribution in [2.75, 3.05) is 26.1 Å². The molecule has 0 bridgehead atoms. The van der Waals surface area contributed by atoms with E-state index < -0.39 is 0 Å². The van der Waals surface area contributed by atoms with Crippen LogP contribution in [0.15, 0.2) is 35.0 Å². The van der Waals surface area contributed by atoms with Gasteiger partial charge in [0.05, 0.1) is 32.0 Å². The van der Waals surface area contributed by atoms with E-state index in [1.54, 1.807) is 30.6 Å². The van der Waals surface area contributed by atoms with Crippen LogP contribution >= 0.6 is 22.7 Å². The molecule has 1 aliphatic heterocycles. The molecule has 4 rings (SSSR count). The Kier molecular flexibility index (Phi) is 6.38. The number of anilines is 1. The number of rotatable bonds is 6. The molecule has 3 amide bonds. The average Bonchev–Trinajstić information content (AvgIpc) is 3.46. The zero-order valence-corrected chi connectivity index (χ0v) is 18.8. The second kappa shape index (κ2) is 9.36. The van der Waals surface area contributed by atoms with Crippen molar-refractivity contribution in [1.82, 2.24) is 15.2 Å².